The highest BCUT2D eigenvalue weighted by Crippen LogP contribution is 2.33. The third-order valence-corrected chi connectivity index (χ3v) is 8.23. The summed E-state index contributed by atoms with van der Waals surface area (Å²) < 4.78 is 15.2. The van der Waals surface area contributed by atoms with Gasteiger partial charge in [0.15, 0.2) is 0 Å². The number of halogens is 1. The van der Waals surface area contributed by atoms with Gasteiger partial charge in [0.2, 0.25) is 11.8 Å². The van der Waals surface area contributed by atoms with Crippen LogP contribution in [-0.4, -0.2) is 80.8 Å². The molecule has 2 saturated heterocycles. The zero-order valence-corrected chi connectivity index (χ0v) is 22.6. The maximum atomic E-state index is 15.2. The molecule has 2 fully saturated rings. The van der Waals surface area contributed by atoms with Crippen LogP contribution in [0.4, 0.5) is 4.39 Å². The summed E-state index contributed by atoms with van der Waals surface area (Å²) in [4.78, 5) is 55.4. The Balaban J connectivity index is 1.18. The van der Waals surface area contributed by atoms with Gasteiger partial charge in [-0.15, -0.1) is 0 Å². The first-order valence-electron chi connectivity index (χ1n) is 13.8. The van der Waals surface area contributed by atoms with E-state index in [4.69, 9.17) is 0 Å². The third-order valence-electron chi connectivity index (χ3n) is 8.23. The second-order valence-electron chi connectivity index (χ2n) is 10.8. The number of carbonyl (C=O) groups is 4. The Bertz CT molecular complexity index is 1520. The molecule has 1 unspecified atom stereocenters. The van der Waals surface area contributed by atoms with Crippen LogP contribution in [0.15, 0.2) is 60.7 Å². The van der Waals surface area contributed by atoms with Crippen LogP contribution in [0, 0.1) is 5.82 Å². The molecule has 42 heavy (non-hydrogen) atoms. The smallest absolute Gasteiger partial charge is 0.256 e. The van der Waals surface area contributed by atoms with Gasteiger partial charge in [-0.3, -0.25) is 29.4 Å². The molecule has 0 radical (unpaired) electrons. The van der Waals surface area contributed by atoms with E-state index in [2.05, 4.69) is 10.2 Å². The molecule has 10 nitrogen and oxygen atoms in total. The first-order chi connectivity index (χ1) is 20.2. The van der Waals surface area contributed by atoms with Gasteiger partial charge in [-0.25, -0.2) is 4.39 Å². The minimum atomic E-state index is -0.826. The van der Waals surface area contributed by atoms with E-state index < -0.39 is 35.5 Å². The zero-order chi connectivity index (χ0) is 29.5. The Morgan fingerprint density at radius 1 is 0.881 bits per heavy atom. The SMILES string of the molecule is O=C1CCC(N2Cc3cc(C(=O)N4CCN(C(c5ccc(O)cc5)c5ccc(O)cc5)CC4)c(F)cc3C2=O)C(=O)N1. The molecule has 216 valence electrons. The predicted molar refractivity (Wildman–Crippen MR) is 148 cm³/mol. The standard InChI is InChI=1S/C31H29FN4O6/c32-25-16-23-20(17-36(31(23)42)26-9-10-27(39)33-29(26)40)15-24(25)30(41)35-13-11-34(12-14-35)28(18-1-5-21(37)6-2-18)19-3-7-22(38)8-4-19/h1-8,15-16,26,28,37-38H,9-14,17H2,(H,33,39,40). The second-order valence-corrected chi connectivity index (χ2v) is 10.8. The molecule has 0 aromatic heterocycles. The Kier molecular flexibility index (Phi) is 7.11. The number of hydrogen-bond donors (Lipinski definition) is 3. The molecule has 3 heterocycles. The average Bonchev–Trinajstić information content (AvgIpc) is 3.29. The maximum absolute atomic E-state index is 15.2. The Hall–Kier alpha value is -4.77. The lowest BCUT2D eigenvalue weighted by Gasteiger charge is -2.40. The number of nitrogens with zero attached hydrogens (tertiary/aromatic N) is 3. The highest BCUT2D eigenvalue weighted by atomic mass is 19.1. The van der Waals surface area contributed by atoms with E-state index in [0.717, 1.165) is 17.2 Å². The lowest BCUT2D eigenvalue weighted by molar-refractivity contribution is -0.136. The number of phenolic OH excluding ortho intramolecular Hbond substituents is 2. The number of piperidine rings is 1. The molecule has 3 aliphatic heterocycles. The Labute approximate surface area is 241 Å². The topological polar surface area (TPSA) is 130 Å². The third kappa shape index (κ3) is 5.07. The zero-order valence-electron chi connectivity index (χ0n) is 22.6. The van der Waals surface area contributed by atoms with Crippen LogP contribution in [0.3, 0.4) is 0 Å². The lowest BCUT2D eigenvalue weighted by Crippen LogP contribution is -2.52. The minimum Gasteiger partial charge on any atom is -0.508 e. The van der Waals surface area contributed by atoms with Gasteiger partial charge >= 0.3 is 0 Å². The van der Waals surface area contributed by atoms with Crippen LogP contribution in [0.25, 0.3) is 0 Å². The van der Waals surface area contributed by atoms with Crippen molar-refractivity contribution in [2.24, 2.45) is 0 Å². The summed E-state index contributed by atoms with van der Waals surface area (Å²) >= 11 is 0. The van der Waals surface area contributed by atoms with E-state index in [1.165, 1.54) is 11.0 Å². The number of aromatic hydroxyl groups is 2. The molecule has 3 N–H and O–H groups in total. The molecule has 0 spiro atoms. The van der Waals surface area contributed by atoms with Gasteiger partial charge in [-0.1, -0.05) is 24.3 Å². The number of fused-ring (bicyclic) bond motifs is 1. The molecular weight excluding hydrogens is 543 g/mol. The molecule has 6 rings (SSSR count). The summed E-state index contributed by atoms with van der Waals surface area (Å²) in [5, 5.41) is 21.8. The van der Waals surface area contributed by atoms with Crippen LogP contribution < -0.4 is 5.32 Å². The molecule has 4 amide bonds. The predicted octanol–water partition coefficient (Wildman–Crippen LogP) is 2.55. The van der Waals surface area contributed by atoms with Crippen molar-refractivity contribution >= 4 is 23.6 Å². The van der Waals surface area contributed by atoms with Crippen LogP contribution in [0.1, 0.15) is 56.3 Å². The van der Waals surface area contributed by atoms with Crippen molar-refractivity contribution in [1.29, 1.82) is 0 Å². The highest BCUT2D eigenvalue weighted by molar-refractivity contribution is 6.06. The molecule has 0 saturated carbocycles. The fraction of sp³-hybridized carbons (Fsp3) is 0.290. The number of hydrogen-bond acceptors (Lipinski definition) is 7. The lowest BCUT2D eigenvalue weighted by atomic mass is 9.96. The number of benzene rings is 3. The number of carbonyl (C=O) groups excluding carboxylic acids is 4. The first kappa shape index (κ1) is 27.4. The summed E-state index contributed by atoms with van der Waals surface area (Å²) in [6.07, 6.45) is 0.305. The molecule has 0 bridgehead atoms. The number of amides is 4. The van der Waals surface area contributed by atoms with Crippen molar-refractivity contribution in [1.82, 2.24) is 20.0 Å². The van der Waals surface area contributed by atoms with Crippen LogP contribution in [-0.2, 0) is 16.1 Å². The van der Waals surface area contributed by atoms with Crippen molar-refractivity contribution in [2.45, 2.75) is 31.5 Å². The monoisotopic (exact) mass is 572 g/mol. The quantitative estimate of drug-likeness (QED) is 0.401. The van der Waals surface area contributed by atoms with Crippen LogP contribution >= 0.6 is 0 Å². The molecule has 3 aliphatic rings. The van der Waals surface area contributed by atoms with Gasteiger partial charge < -0.3 is 20.0 Å². The Morgan fingerprint density at radius 3 is 2.05 bits per heavy atom. The molecule has 1 atom stereocenters. The van der Waals surface area contributed by atoms with Gasteiger partial charge in [0.05, 0.1) is 11.6 Å². The van der Waals surface area contributed by atoms with E-state index in [-0.39, 0.29) is 48.1 Å². The number of piperazine rings is 1. The van der Waals surface area contributed by atoms with Crippen molar-refractivity contribution in [2.75, 3.05) is 26.2 Å². The number of nitrogens with one attached hydrogen (secondary N) is 1. The number of rotatable bonds is 5. The number of phenols is 2. The van der Waals surface area contributed by atoms with E-state index in [1.54, 1.807) is 29.2 Å². The van der Waals surface area contributed by atoms with Crippen LogP contribution in [0.2, 0.25) is 0 Å². The molecule has 3 aromatic carbocycles. The fourth-order valence-corrected chi connectivity index (χ4v) is 6.03. The largest absolute Gasteiger partial charge is 0.508 e. The molecule has 11 heteroatoms. The first-order valence-corrected chi connectivity index (χ1v) is 13.8. The summed E-state index contributed by atoms with van der Waals surface area (Å²) in [6, 6.07) is 15.3. The van der Waals surface area contributed by atoms with Crippen molar-refractivity contribution in [3.05, 3.63) is 94.3 Å². The summed E-state index contributed by atoms with van der Waals surface area (Å²) in [5.41, 5.74) is 2.33. The summed E-state index contributed by atoms with van der Waals surface area (Å²) in [6.45, 7) is 1.71. The maximum Gasteiger partial charge on any atom is 0.256 e. The minimum absolute atomic E-state index is 0.0513. The summed E-state index contributed by atoms with van der Waals surface area (Å²) in [5.74, 6) is -2.43. The van der Waals surface area contributed by atoms with Crippen molar-refractivity contribution < 1.29 is 33.8 Å². The fourth-order valence-electron chi connectivity index (χ4n) is 6.03. The molecule has 3 aromatic rings. The van der Waals surface area contributed by atoms with E-state index in [0.29, 0.717) is 31.7 Å². The van der Waals surface area contributed by atoms with Gasteiger partial charge in [-0.2, -0.15) is 0 Å². The molecular formula is C31H29FN4O6. The van der Waals surface area contributed by atoms with Gasteiger partial charge in [0.25, 0.3) is 11.8 Å². The van der Waals surface area contributed by atoms with Crippen LogP contribution in [0.5, 0.6) is 11.5 Å². The van der Waals surface area contributed by atoms with E-state index in [1.807, 2.05) is 24.3 Å². The van der Waals surface area contributed by atoms with E-state index in [9.17, 15) is 29.4 Å². The molecule has 0 aliphatic carbocycles. The average molecular weight is 573 g/mol. The van der Waals surface area contributed by atoms with Gasteiger partial charge in [0.1, 0.15) is 23.4 Å². The summed E-state index contributed by atoms with van der Waals surface area (Å²) in [7, 11) is 0. The van der Waals surface area contributed by atoms with E-state index >= 15 is 4.39 Å². The normalized spacial score (nSPS) is 19.3. The van der Waals surface area contributed by atoms with Gasteiger partial charge in [-0.05, 0) is 59.5 Å². The van der Waals surface area contributed by atoms with Gasteiger partial charge in [0, 0.05) is 44.7 Å². The highest BCUT2D eigenvalue weighted by Gasteiger charge is 2.40. The number of imide groups is 1. The second kappa shape index (κ2) is 10.9. The van der Waals surface area contributed by atoms with Crippen molar-refractivity contribution in [3.8, 4) is 11.5 Å². The van der Waals surface area contributed by atoms with Crippen molar-refractivity contribution in [3.63, 3.8) is 0 Å². The Morgan fingerprint density at radius 2 is 1.48 bits per heavy atom.